The van der Waals surface area contributed by atoms with Gasteiger partial charge in [-0.1, -0.05) is 6.58 Å². The number of aromatic nitrogens is 1. The number of nitrogens with two attached hydrogens (primary N) is 1. The number of carbonyl (C=O) groups excluding carboxylic acids is 1. The zero-order valence-corrected chi connectivity index (χ0v) is 16.4. The van der Waals surface area contributed by atoms with Gasteiger partial charge in [0.1, 0.15) is 11.6 Å². The summed E-state index contributed by atoms with van der Waals surface area (Å²) in [7, 11) is 2.01. The molecule has 1 aliphatic rings. The molecule has 5 N–H and O–H groups in total. The Morgan fingerprint density at radius 2 is 2.18 bits per heavy atom. The molecule has 1 saturated carbocycles. The maximum absolute atomic E-state index is 12.4. The summed E-state index contributed by atoms with van der Waals surface area (Å²) in [5.41, 5.74) is 6.54. The van der Waals surface area contributed by atoms with E-state index < -0.39 is 6.43 Å². The third-order valence-corrected chi connectivity index (χ3v) is 3.65. The van der Waals surface area contributed by atoms with E-state index >= 15 is 0 Å². The van der Waals surface area contributed by atoms with Gasteiger partial charge in [0.15, 0.2) is 6.29 Å². The summed E-state index contributed by atoms with van der Waals surface area (Å²) in [6, 6.07) is 2.52. The van der Waals surface area contributed by atoms with E-state index in [2.05, 4.69) is 32.5 Å². The lowest BCUT2D eigenvalue weighted by atomic mass is 10.2. The smallest absolute Gasteiger partial charge is 0.276 e. The van der Waals surface area contributed by atoms with E-state index in [0.29, 0.717) is 35.6 Å². The first-order valence-electron chi connectivity index (χ1n) is 8.93. The molecular formula is C19H28F2N6O. The summed E-state index contributed by atoms with van der Waals surface area (Å²) < 4.78 is 24.7. The molecule has 0 aliphatic heterocycles. The van der Waals surface area contributed by atoms with Crippen LogP contribution in [0.15, 0.2) is 41.4 Å². The van der Waals surface area contributed by atoms with Crippen molar-refractivity contribution in [3.8, 4) is 0 Å². The Bertz CT molecular complexity index is 729. The average Bonchev–Trinajstić information content (AvgIpc) is 3.47. The number of nitrogens with one attached hydrogen (secondary N) is 3. The Morgan fingerprint density at radius 1 is 1.50 bits per heavy atom. The molecule has 154 valence electrons. The van der Waals surface area contributed by atoms with Gasteiger partial charge in [-0.05, 0) is 33.7 Å². The third-order valence-electron chi connectivity index (χ3n) is 3.65. The number of allylic oxidation sites excluding steroid dienone is 1. The summed E-state index contributed by atoms with van der Waals surface area (Å²) in [6.07, 6.45) is 3.56. The number of anilines is 2. The molecule has 1 aliphatic carbocycles. The minimum Gasteiger partial charge on any atom is -0.385 e. The molecule has 1 heterocycles. The average molecular weight is 394 g/mol. The number of aliphatic imine (C=N–C) groups is 1. The van der Waals surface area contributed by atoms with Crippen molar-refractivity contribution >= 4 is 23.5 Å². The second-order valence-corrected chi connectivity index (χ2v) is 6.14. The van der Waals surface area contributed by atoms with Crippen LogP contribution in [0, 0.1) is 0 Å². The lowest BCUT2D eigenvalue weighted by Gasteiger charge is -2.10. The fraction of sp³-hybridized carbons (Fsp3) is 0.421. The van der Waals surface area contributed by atoms with Crippen LogP contribution < -0.4 is 21.7 Å². The summed E-state index contributed by atoms with van der Waals surface area (Å²) in [6.45, 7) is 7.43. The van der Waals surface area contributed by atoms with Gasteiger partial charge in [0.25, 0.3) is 6.43 Å². The van der Waals surface area contributed by atoms with Crippen LogP contribution in [0.5, 0.6) is 0 Å². The molecule has 0 aromatic carbocycles. The van der Waals surface area contributed by atoms with Crippen molar-refractivity contribution in [1.29, 1.82) is 0 Å². The van der Waals surface area contributed by atoms with E-state index in [4.69, 9.17) is 5.73 Å². The first-order valence-corrected chi connectivity index (χ1v) is 8.93. The highest BCUT2D eigenvalue weighted by atomic mass is 19.3. The molecular weight excluding hydrogens is 366 g/mol. The van der Waals surface area contributed by atoms with Crippen molar-refractivity contribution in [3.63, 3.8) is 0 Å². The first-order chi connectivity index (χ1) is 13.3. The van der Waals surface area contributed by atoms with Crippen LogP contribution in [0.4, 0.5) is 20.3 Å². The highest BCUT2D eigenvalue weighted by Crippen LogP contribution is 2.18. The molecule has 0 amide bonds. The minimum absolute atomic E-state index is 0.100. The van der Waals surface area contributed by atoms with E-state index in [1.54, 1.807) is 6.07 Å². The molecule has 0 saturated heterocycles. The summed E-state index contributed by atoms with van der Waals surface area (Å²) in [5.74, 6) is 0.326. The second-order valence-electron chi connectivity index (χ2n) is 6.14. The van der Waals surface area contributed by atoms with Gasteiger partial charge < -0.3 is 21.7 Å². The van der Waals surface area contributed by atoms with Gasteiger partial charge in [-0.15, -0.1) is 0 Å². The SMILES string of the molecule is C=C(/C=C(N)\N=C(/C)C(F)F)Nc1cc(NCC)c(C=O)cn1.CNC1CC1. The molecule has 2 rings (SSSR count). The van der Waals surface area contributed by atoms with Crippen molar-refractivity contribution in [2.75, 3.05) is 24.2 Å². The van der Waals surface area contributed by atoms with Gasteiger partial charge in [-0.2, -0.15) is 0 Å². The highest BCUT2D eigenvalue weighted by Gasteiger charge is 2.17. The Labute approximate surface area is 164 Å². The molecule has 7 nitrogen and oxygen atoms in total. The highest BCUT2D eigenvalue weighted by molar-refractivity contribution is 5.86. The predicted molar refractivity (Wildman–Crippen MR) is 110 cm³/mol. The quantitative estimate of drug-likeness (QED) is 0.291. The number of alkyl halides is 2. The number of halogens is 2. The van der Waals surface area contributed by atoms with E-state index in [0.717, 1.165) is 6.04 Å². The molecule has 1 aromatic heterocycles. The standard InChI is InChI=1S/C15H19F2N5O.C4H9N/c1-4-19-12-6-14(20-7-11(12)8-23)21-9(2)5-13(18)22-10(3)15(16)17;1-5-4-2-3-4/h5-8,15H,2,4,18H2,1,3H3,(H2,19,20,21);4-5H,2-3H2,1H3/b13-5-,22-10+;. The van der Waals surface area contributed by atoms with Gasteiger partial charge in [-0.3, -0.25) is 4.79 Å². The number of pyridine rings is 1. The van der Waals surface area contributed by atoms with Gasteiger partial charge >= 0.3 is 0 Å². The van der Waals surface area contributed by atoms with E-state index in [1.165, 1.54) is 32.0 Å². The molecule has 28 heavy (non-hydrogen) atoms. The van der Waals surface area contributed by atoms with E-state index in [-0.39, 0.29) is 11.5 Å². The van der Waals surface area contributed by atoms with Crippen LogP contribution in [0.2, 0.25) is 0 Å². The fourth-order valence-electron chi connectivity index (χ4n) is 2.01. The van der Waals surface area contributed by atoms with Crippen molar-refractivity contribution in [3.05, 3.63) is 42.0 Å². The van der Waals surface area contributed by atoms with Crippen LogP contribution in [0.3, 0.4) is 0 Å². The van der Waals surface area contributed by atoms with Crippen LogP contribution in [0.1, 0.15) is 37.0 Å². The Kier molecular flexibility index (Phi) is 9.80. The molecule has 0 spiro atoms. The molecule has 0 bridgehead atoms. The molecule has 0 unspecified atom stereocenters. The summed E-state index contributed by atoms with van der Waals surface area (Å²) in [4.78, 5) is 18.5. The zero-order chi connectivity index (χ0) is 21.1. The monoisotopic (exact) mass is 394 g/mol. The first kappa shape index (κ1) is 23.2. The molecule has 1 fully saturated rings. The number of hydrogen-bond acceptors (Lipinski definition) is 7. The summed E-state index contributed by atoms with van der Waals surface area (Å²) in [5, 5.41) is 9.02. The van der Waals surface area contributed by atoms with Gasteiger partial charge in [-0.25, -0.2) is 18.8 Å². The van der Waals surface area contributed by atoms with E-state index in [1.807, 2.05) is 14.0 Å². The number of rotatable bonds is 9. The van der Waals surface area contributed by atoms with Gasteiger partial charge in [0, 0.05) is 42.3 Å². The van der Waals surface area contributed by atoms with Gasteiger partial charge in [0.05, 0.1) is 11.3 Å². The molecule has 0 radical (unpaired) electrons. The zero-order valence-electron chi connectivity index (χ0n) is 16.4. The minimum atomic E-state index is -2.66. The predicted octanol–water partition coefficient (Wildman–Crippen LogP) is 3.15. The number of nitrogens with zero attached hydrogens (tertiary/aromatic N) is 2. The normalized spacial score (nSPS) is 14.2. The van der Waals surface area contributed by atoms with Gasteiger partial charge in [0.2, 0.25) is 0 Å². The fourth-order valence-corrected chi connectivity index (χ4v) is 2.01. The largest absolute Gasteiger partial charge is 0.385 e. The lowest BCUT2D eigenvalue weighted by Crippen LogP contribution is -2.09. The van der Waals surface area contributed by atoms with Crippen LogP contribution in [-0.4, -0.2) is 43.0 Å². The number of carbonyl (C=O) groups is 1. The van der Waals surface area contributed by atoms with Crippen LogP contribution in [0.25, 0.3) is 0 Å². The summed E-state index contributed by atoms with van der Waals surface area (Å²) >= 11 is 0. The molecule has 1 aromatic rings. The van der Waals surface area contributed by atoms with Crippen molar-refractivity contribution < 1.29 is 13.6 Å². The lowest BCUT2D eigenvalue weighted by molar-refractivity contribution is 0.112. The Morgan fingerprint density at radius 3 is 2.64 bits per heavy atom. The Balaban J connectivity index is 0.000000674. The van der Waals surface area contributed by atoms with Crippen molar-refractivity contribution in [1.82, 2.24) is 10.3 Å². The number of hydrogen-bond donors (Lipinski definition) is 4. The van der Waals surface area contributed by atoms with Crippen LogP contribution in [-0.2, 0) is 0 Å². The topological polar surface area (TPSA) is 104 Å². The van der Waals surface area contributed by atoms with Crippen molar-refractivity contribution in [2.45, 2.75) is 39.2 Å². The van der Waals surface area contributed by atoms with E-state index in [9.17, 15) is 13.6 Å². The maximum atomic E-state index is 12.4. The molecule has 0 atom stereocenters. The second kappa shape index (κ2) is 11.8. The molecule has 9 heteroatoms. The number of aldehydes is 1. The van der Waals surface area contributed by atoms with Crippen LogP contribution >= 0.6 is 0 Å². The Hall–Kier alpha value is -2.81. The van der Waals surface area contributed by atoms with Crippen molar-refractivity contribution in [2.24, 2.45) is 10.7 Å². The maximum Gasteiger partial charge on any atom is 0.276 e. The third kappa shape index (κ3) is 8.72.